The topological polar surface area (TPSA) is 57.8 Å². The summed E-state index contributed by atoms with van der Waals surface area (Å²) in [6.45, 7) is 2.82. The maximum Gasteiger partial charge on any atom is 0.220 e. The van der Waals surface area contributed by atoms with Gasteiger partial charge in [0.2, 0.25) is 5.91 Å². The van der Waals surface area contributed by atoms with Gasteiger partial charge in [-0.1, -0.05) is 44.2 Å². The van der Waals surface area contributed by atoms with Crippen LogP contribution in [0.1, 0.15) is 51.1 Å². The number of halogens is 1. The fourth-order valence-electron chi connectivity index (χ4n) is 2.55. The Morgan fingerprint density at radius 1 is 1.17 bits per heavy atom. The molecule has 0 aliphatic carbocycles. The maximum absolute atomic E-state index is 11.8. The molecule has 1 aromatic heterocycles. The Hall–Kier alpha value is -1.81. The van der Waals surface area contributed by atoms with Gasteiger partial charge in [0.1, 0.15) is 5.82 Å². The van der Waals surface area contributed by atoms with Gasteiger partial charge in [-0.05, 0) is 30.7 Å². The number of rotatable bonds is 10. The smallest absolute Gasteiger partial charge is 0.220 e. The third-order valence-electron chi connectivity index (χ3n) is 3.96. The predicted octanol–water partition coefficient (Wildman–Crippen LogP) is 4.75. The molecule has 2 aromatic rings. The van der Waals surface area contributed by atoms with E-state index in [-0.39, 0.29) is 5.91 Å². The molecule has 24 heavy (non-hydrogen) atoms. The van der Waals surface area contributed by atoms with Crippen molar-refractivity contribution in [2.24, 2.45) is 0 Å². The minimum absolute atomic E-state index is 0.139. The molecule has 0 bridgehead atoms. The number of unbranched alkanes of at least 4 members (excludes halogenated alkanes) is 4. The van der Waals surface area contributed by atoms with Crippen molar-refractivity contribution < 1.29 is 4.79 Å². The van der Waals surface area contributed by atoms with Crippen molar-refractivity contribution in [3.05, 3.63) is 41.2 Å². The van der Waals surface area contributed by atoms with E-state index in [9.17, 15) is 4.79 Å². The van der Waals surface area contributed by atoms with Crippen molar-refractivity contribution >= 4 is 17.5 Å². The molecule has 130 valence electrons. The predicted molar refractivity (Wildman–Crippen MR) is 99.1 cm³/mol. The Bertz CT molecular complexity index is 622. The van der Waals surface area contributed by atoms with Gasteiger partial charge in [-0.2, -0.15) is 0 Å². The van der Waals surface area contributed by atoms with E-state index >= 15 is 0 Å². The van der Waals surface area contributed by atoms with Crippen molar-refractivity contribution in [3.8, 4) is 11.4 Å². The highest BCUT2D eigenvalue weighted by Crippen LogP contribution is 2.18. The number of hydrogen-bond donors (Lipinski definition) is 2. The number of H-pyrrole nitrogens is 1. The van der Waals surface area contributed by atoms with Crippen LogP contribution in [0.25, 0.3) is 11.4 Å². The molecule has 0 atom stereocenters. The number of carbonyl (C=O) groups excluding carboxylic acids is 1. The van der Waals surface area contributed by atoms with Crippen LogP contribution < -0.4 is 5.32 Å². The first-order valence-corrected chi connectivity index (χ1v) is 9.13. The number of imidazole rings is 1. The highest BCUT2D eigenvalue weighted by molar-refractivity contribution is 6.30. The second kappa shape index (κ2) is 10.1. The minimum atomic E-state index is 0.139. The SMILES string of the molecule is CCCCCCCC(=O)NCCc1c[nH]c(-c2ccc(Cl)cc2)n1. The Morgan fingerprint density at radius 3 is 2.67 bits per heavy atom. The fourth-order valence-corrected chi connectivity index (χ4v) is 2.68. The van der Waals surface area contributed by atoms with Crippen molar-refractivity contribution in [3.63, 3.8) is 0 Å². The Kier molecular flexibility index (Phi) is 7.83. The first-order chi connectivity index (χ1) is 11.7. The van der Waals surface area contributed by atoms with E-state index in [1.54, 1.807) is 0 Å². The highest BCUT2D eigenvalue weighted by atomic mass is 35.5. The molecule has 0 saturated carbocycles. The normalized spacial score (nSPS) is 10.8. The number of nitrogens with zero attached hydrogens (tertiary/aromatic N) is 1. The van der Waals surface area contributed by atoms with Crippen molar-refractivity contribution in [1.82, 2.24) is 15.3 Å². The number of benzene rings is 1. The van der Waals surface area contributed by atoms with E-state index in [2.05, 4.69) is 22.2 Å². The molecule has 4 nitrogen and oxygen atoms in total. The molecular weight excluding hydrogens is 322 g/mol. The third-order valence-corrected chi connectivity index (χ3v) is 4.21. The van der Waals surface area contributed by atoms with Gasteiger partial charge in [0.15, 0.2) is 0 Å². The molecule has 1 aromatic carbocycles. The lowest BCUT2D eigenvalue weighted by molar-refractivity contribution is -0.121. The summed E-state index contributed by atoms with van der Waals surface area (Å²) in [4.78, 5) is 19.5. The zero-order valence-corrected chi connectivity index (χ0v) is 15.0. The highest BCUT2D eigenvalue weighted by Gasteiger charge is 2.05. The Morgan fingerprint density at radius 2 is 1.92 bits per heavy atom. The number of aromatic amines is 1. The molecule has 2 N–H and O–H groups in total. The van der Waals surface area contributed by atoms with Gasteiger partial charge in [0.25, 0.3) is 0 Å². The van der Waals surface area contributed by atoms with E-state index in [1.165, 1.54) is 19.3 Å². The molecule has 1 amide bonds. The molecule has 0 radical (unpaired) electrons. The standard InChI is InChI=1S/C19H26ClN3O/c1-2-3-4-5-6-7-18(24)21-13-12-17-14-22-19(23-17)15-8-10-16(20)11-9-15/h8-11,14H,2-7,12-13H2,1H3,(H,21,24)(H,22,23). The summed E-state index contributed by atoms with van der Waals surface area (Å²) in [5, 5.41) is 3.68. The zero-order valence-electron chi connectivity index (χ0n) is 14.3. The van der Waals surface area contributed by atoms with E-state index < -0.39 is 0 Å². The average Bonchev–Trinajstić information content (AvgIpc) is 3.04. The van der Waals surface area contributed by atoms with Crippen LogP contribution in [0.15, 0.2) is 30.5 Å². The Labute approximate surface area is 149 Å². The molecule has 1 heterocycles. The summed E-state index contributed by atoms with van der Waals surface area (Å²) in [5.74, 6) is 0.962. The molecule has 0 aliphatic rings. The molecular formula is C19H26ClN3O. The van der Waals surface area contributed by atoms with Crippen LogP contribution in [0.4, 0.5) is 0 Å². The molecule has 0 spiro atoms. The van der Waals surface area contributed by atoms with Crippen LogP contribution in [0.5, 0.6) is 0 Å². The number of aromatic nitrogens is 2. The molecule has 0 fully saturated rings. The zero-order chi connectivity index (χ0) is 17.2. The average molecular weight is 348 g/mol. The van der Waals surface area contributed by atoms with Crippen LogP contribution in [0.3, 0.4) is 0 Å². The number of nitrogens with one attached hydrogen (secondary N) is 2. The van der Waals surface area contributed by atoms with Gasteiger partial charge in [-0.15, -0.1) is 0 Å². The quantitative estimate of drug-likeness (QED) is 0.609. The van der Waals surface area contributed by atoms with E-state index in [4.69, 9.17) is 11.6 Å². The van der Waals surface area contributed by atoms with Crippen LogP contribution in [0.2, 0.25) is 5.02 Å². The molecule has 5 heteroatoms. The van der Waals surface area contributed by atoms with Gasteiger partial charge < -0.3 is 10.3 Å². The summed E-state index contributed by atoms with van der Waals surface area (Å²) in [6.07, 6.45) is 9.09. The summed E-state index contributed by atoms with van der Waals surface area (Å²) in [7, 11) is 0. The van der Waals surface area contributed by atoms with E-state index in [0.717, 1.165) is 36.3 Å². The maximum atomic E-state index is 11.8. The molecule has 0 saturated heterocycles. The Balaban J connectivity index is 1.68. The third kappa shape index (κ3) is 6.36. The van der Waals surface area contributed by atoms with Crippen molar-refractivity contribution in [2.45, 2.75) is 51.9 Å². The second-order valence-electron chi connectivity index (χ2n) is 6.01. The van der Waals surface area contributed by atoms with Crippen LogP contribution in [0, 0.1) is 0 Å². The fraction of sp³-hybridized carbons (Fsp3) is 0.474. The van der Waals surface area contributed by atoms with Gasteiger partial charge in [-0.3, -0.25) is 4.79 Å². The summed E-state index contributed by atoms with van der Waals surface area (Å²) in [6, 6.07) is 7.57. The largest absolute Gasteiger partial charge is 0.356 e. The van der Waals surface area contributed by atoms with Crippen LogP contribution >= 0.6 is 11.6 Å². The lowest BCUT2D eigenvalue weighted by Crippen LogP contribution is -2.25. The van der Waals surface area contributed by atoms with Crippen LogP contribution in [-0.4, -0.2) is 22.4 Å². The van der Waals surface area contributed by atoms with Gasteiger partial charge >= 0.3 is 0 Å². The summed E-state index contributed by atoms with van der Waals surface area (Å²) < 4.78 is 0. The van der Waals surface area contributed by atoms with E-state index in [0.29, 0.717) is 18.0 Å². The first kappa shape index (κ1) is 18.5. The lowest BCUT2D eigenvalue weighted by Gasteiger charge is -2.04. The number of amides is 1. The first-order valence-electron chi connectivity index (χ1n) is 8.76. The summed E-state index contributed by atoms with van der Waals surface area (Å²) >= 11 is 5.89. The van der Waals surface area contributed by atoms with Crippen LogP contribution in [-0.2, 0) is 11.2 Å². The minimum Gasteiger partial charge on any atom is -0.356 e. The number of carbonyl (C=O) groups is 1. The van der Waals surface area contributed by atoms with Crippen molar-refractivity contribution in [2.75, 3.05) is 6.54 Å². The van der Waals surface area contributed by atoms with Gasteiger partial charge in [-0.25, -0.2) is 4.98 Å². The lowest BCUT2D eigenvalue weighted by atomic mass is 10.1. The van der Waals surface area contributed by atoms with Gasteiger partial charge in [0, 0.05) is 36.2 Å². The molecule has 2 rings (SSSR count). The molecule has 0 unspecified atom stereocenters. The van der Waals surface area contributed by atoms with Crippen molar-refractivity contribution in [1.29, 1.82) is 0 Å². The van der Waals surface area contributed by atoms with Gasteiger partial charge in [0.05, 0.1) is 5.69 Å². The number of hydrogen-bond acceptors (Lipinski definition) is 2. The second-order valence-corrected chi connectivity index (χ2v) is 6.45. The molecule has 0 aliphatic heterocycles. The van der Waals surface area contributed by atoms with E-state index in [1.807, 2.05) is 30.5 Å². The summed E-state index contributed by atoms with van der Waals surface area (Å²) in [5.41, 5.74) is 1.95. The monoisotopic (exact) mass is 347 g/mol.